The Morgan fingerprint density at radius 3 is 3.17 bits per heavy atom. The quantitative estimate of drug-likeness (QED) is 0.639. The molecule has 3 nitrogen and oxygen atoms in total. The average Bonchev–Trinajstić information content (AvgIpc) is 2.49. The highest BCUT2D eigenvalue weighted by molar-refractivity contribution is 5.87. The molecule has 12 heavy (non-hydrogen) atoms. The van der Waals surface area contributed by atoms with Gasteiger partial charge < -0.3 is 9.84 Å². The smallest absolute Gasteiger partial charge is 0.331 e. The molecule has 0 aromatic heterocycles. The Morgan fingerprint density at radius 1 is 1.58 bits per heavy atom. The highest BCUT2D eigenvalue weighted by Gasteiger charge is 2.27. The van der Waals surface area contributed by atoms with Gasteiger partial charge in [-0.1, -0.05) is 0 Å². The fraction of sp³-hybridized carbons (Fsp3) is 0.444. The first-order chi connectivity index (χ1) is 5.77. The normalized spacial score (nSPS) is 26.8. The molecule has 0 bridgehead atoms. The van der Waals surface area contributed by atoms with Crippen LogP contribution in [-0.4, -0.2) is 17.7 Å². The number of rotatable bonds is 1. The van der Waals surface area contributed by atoms with Crippen LogP contribution in [0.25, 0.3) is 0 Å². The number of allylic oxidation sites excluding steroid dienone is 3. The van der Waals surface area contributed by atoms with Crippen LogP contribution in [0.2, 0.25) is 0 Å². The van der Waals surface area contributed by atoms with Crippen molar-refractivity contribution in [3.63, 3.8) is 0 Å². The Morgan fingerprint density at radius 2 is 2.42 bits per heavy atom. The van der Waals surface area contributed by atoms with Crippen molar-refractivity contribution >= 4 is 5.97 Å². The first-order valence-corrected chi connectivity index (χ1v) is 4.04. The van der Waals surface area contributed by atoms with E-state index in [-0.39, 0.29) is 0 Å². The van der Waals surface area contributed by atoms with Gasteiger partial charge in [-0.2, -0.15) is 0 Å². The van der Waals surface area contributed by atoms with E-state index in [1.165, 1.54) is 0 Å². The van der Waals surface area contributed by atoms with Crippen LogP contribution in [0.5, 0.6) is 0 Å². The van der Waals surface area contributed by atoms with E-state index in [2.05, 4.69) is 0 Å². The number of fused-ring (bicyclic) bond motifs is 1. The van der Waals surface area contributed by atoms with Crippen LogP contribution in [0.15, 0.2) is 23.5 Å². The number of carboxylic acids is 1. The van der Waals surface area contributed by atoms with Crippen molar-refractivity contribution in [3.05, 3.63) is 23.5 Å². The number of hydrogen-bond donors (Lipinski definition) is 1. The predicted molar refractivity (Wildman–Crippen MR) is 42.5 cm³/mol. The summed E-state index contributed by atoms with van der Waals surface area (Å²) >= 11 is 0. The second-order valence-corrected chi connectivity index (χ2v) is 3.10. The number of carbonyl (C=O) groups is 1. The van der Waals surface area contributed by atoms with E-state index in [0.29, 0.717) is 17.9 Å². The van der Waals surface area contributed by atoms with E-state index >= 15 is 0 Å². The van der Waals surface area contributed by atoms with Gasteiger partial charge in [-0.3, -0.25) is 0 Å². The third-order valence-electron chi connectivity index (χ3n) is 2.33. The standard InChI is InChI=1S/C9H10O3/c10-9(11)7-1-2-8-6(5-7)3-4-12-8/h1-2,6H,3-5H2,(H,10,11). The van der Waals surface area contributed by atoms with Gasteiger partial charge >= 0.3 is 5.97 Å². The topological polar surface area (TPSA) is 46.5 Å². The molecule has 1 fully saturated rings. The SMILES string of the molecule is O=C(O)C1=CC=C2OCCC2C1. The first kappa shape index (κ1) is 7.40. The minimum Gasteiger partial charge on any atom is -0.498 e. The highest BCUT2D eigenvalue weighted by atomic mass is 16.5. The van der Waals surface area contributed by atoms with Gasteiger partial charge in [0, 0.05) is 11.5 Å². The Labute approximate surface area is 70.3 Å². The van der Waals surface area contributed by atoms with Crippen LogP contribution >= 0.6 is 0 Å². The fourth-order valence-corrected chi connectivity index (χ4v) is 1.64. The molecule has 1 heterocycles. The molecular weight excluding hydrogens is 156 g/mol. The summed E-state index contributed by atoms with van der Waals surface area (Å²) < 4.78 is 5.31. The summed E-state index contributed by atoms with van der Waals surface area (Å²) in [6.45, 7) is 0.733. The van der Waals surface area contributed by atoms with Crippen LogP contribution in [0, 0.1) is 5.92 Å². The van der Waals surface area contributed by atoms with Crippen LogP contribution in [0.3, 0.4) is 0 Å². The summed E-state index contributed by atoms with van der Waals surface area (Å²) in [4.78, 5) is 10.6. The van der Waals surface area contributed by atoms with E-state index in [0.717, 1.165) is 18.8 Å². The van der Waals surface area contributed by atoms with E-state index in [9.17, 15) is 4.79 Å². The molecule has 1 aliphatic heterocycles. The molecule has 2 rings (SSSR count). The third-order valence-corrected chi connectivity index (χ3v) is 2.33. The van der Waals surface area contributed by atoms with Crippen molar-refractivity contribution < 1.29 is 14.6 Å². The van der Waals surface area contributed by atoms with Gasteiger partial charge in [-0.25, -0.2) is 4.79 Å². The molecule has 1 aliphatic carbocycles. The molecule has 0 spiro atoms. The molecule has 1 atom stereocenters. The number of aliphatic carboxylic acids is 1. The van der Waals surface area contributed by atoms with Crippen molar-refractivity contribution in [3.8, 4) is 0 Å². The fourth-order valence-electron chi connectivity index (χ4n) is 1.64. The summed E-state index contributed by atoms with van der Waals surface area (Å²) in [7, 11) is 0. The number of hydrogen-bond acceptors (Lipinski definition) is 2. The van der Waals surface area contributed by atoms with Crippen LogP contribution in [-0.2, 0) is 9.53 Å². The second kappa shape index (κ2) is 2.66. The summed E-state index contributed by atoms with van der Waals surface area (Å²) in [5, 5.41) is 8.72. The first-order valence-electron chi connectivity index (χ1n) is 4.04. The minimum atomic E-state index is -0.808. The zero-order valence-corrected chi connectivity index (χ0v) is 6.62. The summed E-state index contributed by atoms with van der Waals surface area (Å²) in [5.74, 6) is 0.471. The predicted octanol–water partition coefficient (Wildman–Crippen LogP) is 1.32. The van der Waals surface area contributed by atoms with Crippen molar-refractivity contribution in [1.29, 1.82) is 0 Å². The summed E-state index contributed by atoms with van der Waals surface area (Å²) in [5.41, 5.74) is 0.495. The van der Waals surface area contributed by atoms with Gasteiger partial charge in [0.25, 0.3) is 0 Å². The molecule has 3 heteroatoms. The molecule has 64 valence electrons. The van der Waals surface area contributed by atoms with E-state index in [1.807, 2.05) is 0 Å². The Hall–Kier alpha value is -1.25. The van der Waals surface area contributed by atoms with Crippen molar-refractivity contribution in [2.24, 2.45) is 5.92 Å². The molecule has 0 aromatic rings. The lowest BCUT2D eigenvalue weighted by Crippen LogP contribution is -2.10. The van der Waals surface area contributed by atoms with Crippen molar-refractivity contribution in [2.45, 2.75) is 12.8 Å². The molecule has 0 amide bonds. The van der Waals surface area contributed by atoms with E-state index in [4.69, 9.17) is 9.84 Å². The zero-order valence-electron chi connectivity index (χ0n) is 6.62. The van der Waals surface area contributed by atoms with Gasteiger partial charge in [-0.05, 0) is 25.0 Å². The van der Waals surface area contributed by atoms with Gasteiger partial charge in [0.15, 0.2) is 0 Å². The van der Waals surface area contributed by atoms with Crippen LogP contribution in [0.1, 0.15) is 12.8 Å². The number of carboxylic acid groups (broad SMARTS) is 1. The van der Waals surface area contributed by atoms with Gasteiger partial charge in [0.2, 0.25) is 0 Å². The van der Waals surface area contributed by atoms with Crippen LogP contribution in [0.4, 0.5) is 0 Å². The molecule has 0 saturated carbocycles. The second-order valence-electron chi connectivity index (χ2n) is 3.10. The molecular formula is C9H10O3. The Balaban J connectivity index is 2.20. The molecule has 1 saturated heterocycles. The van der Waals surface area contributed by atoms with Gasteiger partial charge in [0.05, 0.1) is 12.4 Å². The lowest BCUT2D eigenvalue weighted by Gasteiger charge is -2.13. The molecule has 2 aliphatic rings. The molecule has 0 aromatic carbocycles. The minimum absolute atomic E-state index is 0.320. The average molecular weight is 166 g/mol. The largest absolute Gasteiger partial charge is 0.498 e. The van der Waals surface area contributed by atoms with Gasteiger partial charge in [0.1, 0.15) is 0 Å². The Bertz CT molecular complexity index is 275. The van der Waals surface area contributed by atoms with Crippen molar-refractivity contribution in [1.82, 2.24) is 0 Å². The Kier molecular flexibility index (Phi) is 1.64. The number of ether oxygens (including phenoxy) is 1. The molecule has 1 N–H and O–H groups in total. The zero-order chi connectivity index (χ0) is 8.55. The maximum atomic E-state index is 10.6. The molecule has 0 radical (unpaired) electrons. The van der Waals surface area contributed by atoms with E-state index < -0.39 is 5.97 Å². The summed E-state index contributed by atoms with van der Waals surface area (Å²) in [6, 6.07) is 0. The lowest BCUT2D eigenvalue weighted by atomic mass is 9.92. The van der Waals surface area contributed by atoms with E-state index in [1.54, 1.807) is 12.2 Å². The maximum Gasteiger partial charge on any atom is 0.331 e. The van der Waals surface area contributed by atoms with Crippen LogP contribution < -0.4 is 0 Å². The maximum absolute atomic E-state index is 10.6. The monoisotopic (exact) mass is 166 g/mol. The van der Waals surface area contributed by atoms with Crippen molar-refractivity contribution in [2.75, 3.05) is 6.61 Å². The lowest BCUT2D eigenvalue weighted by molar-refractivity contribution is -0.132. The highest BCUT2D eigenvalue weighted by Crippen LogP contribution is 2.33. The molecule has 1 unspecified atom stereocenters. The third kappa shape index (κ3) is 1.11. The summed E-state index contributed by atoms with van der Waals surface area (Å²) in [6.07, 6.45) is 5.00. The van der Waals surface area contributed by atoms with Gasteiger partial charge in [-0.15, -0.1) is 0 Å².